The molecule has 0 aliphatic heterocycles. The van der Waals surface area contributed by atoms with Crippen molar-refractivity contribution < 1.29 is 9.59 Å². The number of nitrogens with zero attached hydrogens (tertiary/aromatic N) is 1. The van der Waals surface area contributed by atoms with Gasteiger partial charge in [0.05, 0.1) is 5.69 Å². The highest BCUT2D eigenvalue weighted by molar-refractivity contribution is 7.21. The quantitative estimate of drug-likeness (QED) is 0.616. The molecule has 0 aromatic carbocycles. The number of rotatable bonds is 4. The topological polar surface area (TPSA) is 123 Å². The van der Waals surface area contributed by atoms with Gasteiger partial charge in [-0.15, -0.1) is 11.3 Å². The van der Waals surface area contributed by atoms with Gasteiger partial charge in [-0.2, -0.15) is 0 Å². The lowest BCUT2D eigenvalue weighted by molar-refractivity contribution is 0.0959. The maximum absolute atomic E-state index is 12.0. The number of thiophene rings is 1. The van der Waals surface area contributed by atoms with Gasteiger partial charge in [0, 0.05) is 24.7 Å². The van der Waals surface area contributed by atoms with E-state index in [4.69, 9.17) is 11.5 Å². The van der Waals surface area contributed by atoms with Crippen molar-refractivity contribution in [2.45, 2.75) is 6.92 Å². The van der Waals surface area contributed by atoms with Crippen LogP contribution < -0.4 is 22.1 Å². The van der Waals surface area contributed by atoms with Gasteiger partial charge in [0.2, 0.25) is 0 Å². The zero-order valence-corrected chi connectivity index (χ0v) is 11.7. The molecule has 8 heteroatoms. The molecule has 2 rings (SSSR count). The minimum Gasteiger partial charge on any atom is -0.397 e. The van der Waals surface area contributed by atoms with E-state index >= 15 is 0 Å². The summed E-state index contributed by atoms with van der Waals surface area (Å²) in [5, 5.41) is 5.87. The molecule has 0 saturated carbocycles. The van der Waals surface area contributed by atoms with Crippen molar-refractivity contribution in [3.05, 3.63) is 22.7 Å². The number of pyridine rings is 1. The molecule has 2 aromatic rings. The largest absolute Gasteiger partial charge is 0.397 e. The van der Waals surface area contributed by atoms with E-state index in [0.29, 0.717) is 10.6 Å². The summed E-state index contributed by atoms with van der Waals surface area (Å²) in [5.41, 5.74) is 12.4. The third-order valence-corrected chi connectivity index (χ3v) is 3.87. The fraction of sp³-hybridized carbons (Fsp3) is 0.250. The number of fused-ring (bicyclic) bond motifs is 1. The van der Waals surface area contributed by atoms with Crippen LogP contribution in [0.25, 0.3) is 10.2 Å². The second-order valence-electron chi connectivity index (χ2n) is 4.20. The van der Waals surface area contributed by atoms with Crippen LogP contribution in [-0.2, 0) is 0 Å². The summed E-state index contributed by atoms with van der Waals surface area (Å²) in [7, 11) is 0. The van der Waals surface area contributed by atoms with E-state index in [-0.39, 0.29) is 19.0 Å². The number of anilines is 1. The lowest BCUT2D eigenvalue weighted by Crippen LogP contribution is -2.37. The van der Waals surface area contributed by atoms with Crippen molar-refractivity contribution in [2.24, 2.45) is 5.73 Å². The van der Waals surface area contributed by atoms with E-state index in [0.717, 1.165) is 15.8 Å². The Balaban J connectivity index is 2.13. The molecule has 2 aromatic heterocycles. The Morgan fingerprint density at radius 3 is 2.70 bits per heavy atom. The summed E-state index contributed by atoms with van der Waals surface area (Å²) in [5.74, 6) is -0.281. The number of hydrogen-bond acceptors (Lipinski definition) is 5. The monoisotopic (exact) mass is 293 g/mol. The van der Waals surface area contributed by atoms with Gasteiger partial charge < -0.3 is 22.1 Å². The predicted octanol–water partition coefficient (Wildman–Crippen LogP) is 0.585. The normalized spacial score (nSPS) is 10.4. The van der Waals surface area contributed by atoms with Crippen LogP contribution in [0.4, 0.5) is 10.5 Å². The first-order valence-corrected chi connectivity index (χ1v) is 6.77. The molecule has 0 spiro atoms. The molecule has 0 saturated heterocycles. The summed E-state index contributed by atoms with van der Waals surface area (Å²) in [6, 6.07) is 1.23. The second kappa shape index (κ2) is 5.74. The highest BCUT2D eigenvalue weighted by Gasteiger charge is 2.17. The summed E-state index contributed by atoms with van der Waals surface area (Å²) >= 11 is 1.25. The summed E-state index contributed by atoms with van der Waals surface area (Å²) in [6.07, 6.45) is 1.69. The molecular formula is C12H15N5O2S. The van der Waals surface area contributed by atoms with Crippen molar-refractivity contribution in [1.82, 2.24) is 15.6 Å². The van der Waals surface area contributed by atoms with E-state index in [1.807, 2.05) is 13.0 Å². The fourth-order valence-corrected chi connectivity index (χ4v) is 2.87. The third kappa shape index (κ3) is 2.80. The molecule has 6 N–H and O–H groups in total. The van der Waals surface area contributed by atoms with E-state index in [1.54, 1.807) is 6.20 Å². The highest BCUT2D eigenvalue weighted by atomic mass is 32.1. The molecule has 0 unspecified atom stereocenters. The summed E-state index contributed by atoms with van der Waals surface area (Å²) in [6.45, 7) is 2.47. The summed E-state index contributed by atoms with van der Waals surface area (Å²) < 4.78 is 0. The maximum atomic E-state index is 12.0. The number of carbonyl (C=O) groups is 2. The van der Waals surface area contributed by atoms with E-state index in [9.17, 15) is 9.59 Å². The van der Waals surface area contributed by atoms with Crippen molar-refractivity contribution in [3.8, 4) is 0 Å². The molecule has 0 fully saturated rings. The molecule has 106 valence electrons. The van der Waals surface area contributed by atoms with Crippen molar-refractivity contribution >= 4 is 39.2 Å². The van der Waals surface area contributed by atoms with Crippen LogP contribution in [0.2, 0.25) is 0 Å². The first-order valence-electron chi connectivity index (χ1n) is 5.95. The minimum absolute atomic E-state index is 0.267. The van der Waals surface area contributed by atoms with Crippen LogP contribution >= 0.6 is 11.3 Å². The molecule has 0 bridgehead atoms. The van der Waals surface area contributed by atoms with Gasteiger partial charge in [0.15, 0.2) is 0 Å². The lowest BCUT2D eigenvalue weighted by atomic mass is 10.2. The van der Waals surface area contributed by atoms with Crippen LogP contribution in [0.3, 0.4) is 0 Å². The standard InChI is InChI=1S/C12H15N5O2S/c1-6-2-3-16-11-7(6)8(13)9(20-11)10(18)15-4-5-17-12(14)19/h2-3H,4-5,13H2,1H3,(H,15,18)(H3,14,17,19). The minimum atomic E-state index is -0.625. The zero-order valence-electron chi connectivity index (χ0n) is 10.9. The Hall–Kier alpha value is -2.35. The summed E-state index contributed by atoms with van der Waals surface area (Å²) in [4.78, 5) is 27.9. The molecule has 20 heavy (non-hydrogen) atoms. The molecule has 0 aliphatic carbocycles. The number of nitrogens with two attached hydrogens (primary N) is 2. The van der Waals surface area contributed by atoms with E-state index in [2.05, 4.69) is 15.6 Å². The van der Waals surface area contributed by atoms with Gasteiger partial charge in [-0.1, -0.05) is 0 Å². The van der Waals surface area contributed by atoms with Crippen LogP contribution in [-0.4, -0.2) is 30.0 Å². The number of aromatic nitrogens is 1. The predicted molar refractivity (Wildman–Crippen MR) is 78.7 cm³/mol. The molecule has 0 aliphatic rings. The average Bonchev–Trinajstić information content (AvgIpc) is 2.73. The number of nitrogen functional groups attached to an aromatic ring is 1. The fourth-order valence-electron chi connectivity index (χ4n) is 1.81. The highest BCUT2D eigenvalue weighted by Crippen LogP contribution is 2.33. The van der Waals surface area contributed by atoms with Gasteiger partial charge in [0.25, 0.3) is 5.91 Å². The van der Waals surface area contributed by atoms with Crippen LogP contribution in [0.15, 0.2) is 12.3 Å². The Morgan fingerprint density at radius 2 is 2.05 bits per heavy atom. The number of carbonyl (C=O) groups excluding carboxylic acids is 2. The van der Waals surface area contributed by atoms with Crippen LogP contribution in [0.5, 0.6) is 0 Å². The number of amides is 3. The molecule has 7 nitrogen and oxygen atoms in total. The van der Waals surface area contributed by atoms with Crippen molar-refractivity contribution in [2.75, 3.05) is 18.8 Å². The molecular weight excluding hydrogens is 278 g/mol. The van der Waals surface area contributed by atoms with Gasteiger partial charge in [-0.25, -0.2) is 9.78 Å². The SMILES string of the molecule is Cc1ccnc2sc(C(=O)NCCNC(N)=O)c(N)c12. The molecule has 2 heterocycles. The molecule has 0 radical (unpaired) electrons. The smallest absolute Gasteiger partial charge is 0.312 e. The lowest BCUT2D eigenvalue weighted by Gasteiger charge is -2.04. The Morgan fingerprint density at radius 1 is 1.35 bits per heavy atom. The zero-order chi connectivity index (χ0) is 14.7. The number of hydrogen-bond donors (Lipinski definition) is 4. The van der Waals surface area contributed by atoms with Gasteiger partial charge in [0.1, 0.15) is 9.71 Å². The van der Waals surface area contributed by atoms with Crippen molar-refractivity contribution in [3.63, 3.8) is 0 Å². The van der Waals surface area contributed by atoms with Crippen LogP contribution in [0.1, 0.15) is 15.2 Å². The van der Waals surface area contributed by atoms with Crippen molar-refractivity contribution in [1.29, 1.82) is 0 Å². The first-order chi connectivity index (χ1) is 9.50. The van der Waals surface area contributed by atoms with E-state index < -0.39 is 6.03 Å². The number of urea groups is 1. The first kappa shape index (κ1) is 14.1. The number of nitrogens with one attached hydrogen (secondary N) is 2. The number of primary amides is 1. The van der Waals surface area contributed by atoms with Crippen LogP contribution in [0, 0.1) is 6.92 Å². The second-order valence-corrected chi connectivity index (χ2v) is 5.20. The Labute approximate surface area is 119 Å². The Kier molecular flexibility index (Phi) is 4.04. The Bertz CT molecular complexity index is 667. The maximum Gasteiger partial charge on any atom is 0.312 e. The van der Waals surface area contributed by atoms with Gasteiger partial charge in [-0.05, 0) is 18.6 Å². The number of aryl methyl sites for hydroxylation is 1. The third-order valence-electron chi connectivity index (χ3n) is 2.75. The van der Waals surface area contributed by atoms with Gasteiger partial charge in [-0.3, -0.25) is 4.79 Å². The average molecular weight is 293 g/mol. The molecule has 3 amide bonds. The van der Waals surface area contributed by atoms with Gasteiger partial charge >= 0.3 is 6.03 Å². The van der Waals surface area contributed by atoms with E-state index in [1.165, 1.54) is 11.3 Å². The molecule has 0 atom stereocenters.